The topological polar surface area (TPSA) is 0 Å². The maximum atomic E-state index is 2.83. The first-order valence-corrected chi connectivity index (χ1v) is 21.3. The SMILES string of the molecule is CC(C)(C)[Si+]([Si]C([Si](C)(C(C)(C)C)C(C)(C)C)[Si](C)(C(C)(C)C)C(C)(C)C)C(C)(C)C. The van der Waals surface area contributed by atoms with Crippen LogP contribution in [-0.4, -0.2) is 33.5 Å². The molecule has 0 saturated heterocycles. The van der Waals surface area contributed by atoms with Crippen molar-refractivity contribution in [3.05, 3.63) is 0 Å². The average Bonchev–Trinajstić information content (AvgIpc) is 2.38. The third-order valence-electron chi connectivity index (χ3n) is 9.18. The lowest BCUT2D eigenvalue weighted by atomic mass is 10.2. The normalized spacial score (nSPS) is 16.2. The second-order valence-corrected chi connectivity index (χ2v) is 37.5. The van der Waals surface area contributed by atoms with Crippen molar-refractivity contribution in [3.8, 4) is 0 Å². The van der Waals surface area contributed by atoms with Crippen molar-refractivity contribution in [2.75, 3.05) is 0 Å². The molecule has 4 heteroatoms. The zero-order valence-corrected chi connectivity index (χ0v) is 29.6. The third-order valence-corrected chi connectivity index (χ3v) is 43.3. The molecule has 0 aromatic heterocycles. The molecule has 31 heavy (non-hydrogen) atoms. The fourth-order valence-electron chi connectivity index (χ4n) is 6.55. The van der Waals surface area contributed by atoms with Gasteiger partial charge >= 0.3 is 0 Å². The zero-order valence-electron chi connectivity index (χ0n) is 25.6. The quantitative estimate of drug-likeness (QED) is 0.339. The van der Waals surface area contributed by atoms with Gasteiger partial charge < -0.3 is 0 Å². The second kappa shape index (κ2) is 8.82. The van der Waals surface area contributed by atoms with Crippen LogP contribution in [0.15, 0.2) is 0 Å². The molecule has 0 aliphatic heterocycles. The Morgan fingerprint density at radius 2 is 0.645 bits per heavy atom. The van der Waals surface area contributed by atoms with E-state index in [-0.39, 0.29) is 0 Å². The summed E-state index contributed by atoms with van der Waals surface area (Å²) < 4.78 is 0. The number of hydrogen-bond acceptors (Lipinski definition) is 0. The summed E-state index contributed by atoms with van der Waals surface area (Å²) in [5, 5.41) is 2.39. The lowest BCUT2D eigenvalue weighted by molar-refractivity contribution is 0.584. The molecule has 0 N–H and O–H groups in total. The second-order valence-electron chi connectivity index (χ2n) is 16.9. The molecule has 2 radical (unpaired) electrons. The Hall–Kier alpha value is 0.868. The van der Waals surface area contributed by atoms with Crippen LogP contribution in [0.3, 0.4) is 0 Å². The minimum absolute atomic E-state index is 0.385. The Morgan fingerprint density at radius 3 is 0.774 bits per heavy atom. The summed E-state index contributed by atoms with van der Waals surface area (Å²) in [5.41, 5.74) is 0. The van der Waals surface area contributed by atoms with Crippen molar-refractivity contribution < 1.29 is 0 Å². The summed E-state index contributed by atoms with van der Waals surface area (Å²) in [7, 11) is -2.96. The maximum Gasteiger partial charge on any atom is 0.278 e. The van der Waals surface area contributed by atoms with E-state index < -0.39 is 24.5 Å². The highest BCUT2D eigenvalue weighted by molar-refractivity contribution is 7.27. The van der Waals surface area contributed by atoms with E-state index in [4.69, 9.17) is 0 Å². The fourth-order valence-corrected chi connectivity index (χ4v) is 46.5. The van der Waals surface area contributed by atoms with Gasteiger partial charge in [0.05, 0.1) is 26.2 Å². The van der Waals surface area contributed by atoms with Gasteiger partial charge in [0.15, 0.2) is 0 Å². The summed E-state index contributed by atoms with van der Waals surface area (Å²) in [6.45, 7) is 52.2. The van der Waals surface area contributed by atoms with Crippen LogP contribution in [0.4, 0.5) is 0 Å². The molecule has 0 bridgehead atoms. The lowest BCUT2D eigenvalue weighted by Gasteiger charge is -2.64. The highest BCUT2D eigenvalue weighted by Gasteiger charge is 2.69. The van der Waals surface area contributed by atoms with Crippen LogP contribution < -0.4 is 0 Å². The lowest BCUT2D eigenvalue weighted by Crippen LogP contribution is -2.69. The van der Waals surface area contributed by atoms with Gasteiger partial charge in [-0.05, 0) is 66.5 Å². The summed E-state index contributed by atoms with van der Waals surface area (Å²) in [6.07, 6.45) is 0. The van der Waals surface area contributed by atoms with E-state index in [1.54, 1.807) is 0 Å². The van der Waals surface area contributed by atoms with E-state index in [1.165, 1.54) is 0 Å². The van der Waals surface area contributed by atoms with E-state index in [1.807, 2.05) is 0 Å². The minimum Gasteiger partial charge on any atom is -0.0685 e. The van der Waals surface area contributed by atoms with Gasteiger partial charge in [0, 0.05) is 0 Å². The molecule has 0 aromatic rings. The molecular formula is C27H61Si4+. The first-order valence-electron chi connectivity index (χ1n) is 12.6. The molecule has 0 amide bonds. The van der Waals surface area contributed by atoms with E-state index >= 15 is 0 Å². The Labute approximate surface area is 205 Å². The molecular weight excluding hydrogens is 437 g/mol. The number of hydrogen-bond donors (Lipinski definition) is 0. The van der Waals surface area contributed by atoms with Gasteiger partial charge in [0.2, 0.25) is 0 Å². The van der Waals surface area contributed by atoms with Crippen LogP contribution in [0, 0.1) is 0 Å². The molecule has 0 spiro atoms. The Balaban J connectivity index is 7.54. The van der Waals surface area contributed by atoms with Crippen LogP contribution in [-0.2, 0) is 0 Å². The molecule has 0 saturated carbocycles. The maximum absolute atomic E-state index is 2.83. The minimum atomic E-state index is -1.76. The molecule has 0 fully saturated rings. The van der Waals surface area contributed by atoms with Crippen LogP contribution in [0.2, 0.25) is 48.1 Å². The summed E-state index contributed by atoms with van der Waals surface area (Å²) in [6, 6.07) is 0. The molecule has 0 heterocycles. The predicted molar refractivity (Wildman–Crippen MR) is 157 cm³/mol. The molecule has 0 unspecified atom stereocenters. The Morgan fingerprint density at radius 1 is 0.452 bits per heavy atom. The summed E-state index contributed by atoms with van der Waals surface area (Å²) in [5.74, 6) is 0. The Kier molecular flexibility index (Phi) is 9.07. The van der Waals surface area contributed by atoms with E-state index in [0.29, 0.717) is 30.2 Å². The average molecular weight is 498 g/mol. The highest BCUT2D eigenvalue weighted by atomic mass is 29.2. The fraction of sp³-hybridized carbons (Fsp3) is 1.00. The van der Waals surface area contributed by atoms with Crippen LogP contribution in [0.5, 0.6) is 0 Å². The molecule has 0 nitrogen and oxygen atoms in total. The molecule has 0 atom stereocenters. The predicted octanol–water partition coefficient (Wildman–Crippen LogP) is 10.5. The molecule has 0 rings (SSSR count). The van der Waals surface area contributed by atoms with Crippen molar-refractivity contribution in [1.82, 2.24) is 0 Å². The van der Waals surface area contributed by atoms with Gasteiger partial charge in [-0.25, -0.2) is 0 Å². The van der Waals surface area contributed by atoms with Gasteiger partial charge in [-0.1, -0.05) is 96.2 Å². The van der Waals surface area contributed by atoms with Crippen molar-refractivity contribution in [1.29, 1.82) is 0 Å². The van der Waals surface area contributed by atoms with E-state index in [9.17, 15) is 0 Å². The van der Waals surface area contributed by atoms with Crippen LogP contribution >= 0.6 is 0 Å². The third kappa shape index (κ3) is 6.11. The van der Waals surface area contributed by atoms with Gasteiger partial charge in [0.25, 0.3) is 17.4 Å². The summed E-state index contributed by atoms with van der Waals surface area (Å²) in [4.78, 5) is 0.923. The van der Waals surface area contributed by atoms with E-state index in [2.05, 4.69) is 138 Å². The van der Waals surface area contributed by atoms with Gasteiger partial charge in [-0.15, -0.1) is 0 Å². The molecule has 0 aliphatic rings. The monoisotopic (exact) mass is 497 g/mol. The van der Waals surface area contributed by atoms with Crippen LogP contribution in [0.1, 0.15) is 125 Å². The van der Waals surface area contributed by atoms with Crippen LogP contribution in [0.25, 0.3) is 0 Å². The van der Waals surface area contributed by atoms with Crippen molar-refractivity contribution >= 4 is 33.5 Å². The largest absolute Gasteiger partial charge is 0.278 e. The zero-order chi connectivity index (χ0) is 25.9. The molecule has 0 aromatic carbocycles. The first-order chi connectivity index (χ1) is 13.0. The molecule has 184 valence electrons. The van der Waals surface area contributed by atoms with Gasteiger partial charge in [0.1, 0.15) is 0 Å². The number of rotatable bonds is 4. The Bertz CT molecular complexity index is 512. The molecule has 0 aliphatic carbocycles. The van der Waals surface area contributed by atoms with E-state index in [0.717, 1.165) is 13.8 Å². The summed E-state index contributed by atoms with van der Waals surface area (Å²) >= 11 is 0. The van der Waals surface area contributed by atoms with Gasteiger partial charge in [-0.3, -0.25) is 0 Å². The van der Waals surface area contributed by atoms with Gasteiger partial charge in [-0.2, -0.15) is 0 Å². The van der Waals surface area contributed by atoms with Crippen molar-refractivity contribution in [3.63, 3.8) is 0 Å². The first kappa shape index (κ1) is 31.9. The highest BCUT2D eigenvalue weighted by Crippen LogP contribution is 2.67. The standard InChI is InChI=1S/C27H61Si4/c1-22(2,3)29(23(4,5)6)28-21(30(19,24(7,8)9)25(10,11)12)31(20,26(13,14)15)27(16,17)18/h21H,1-20H3/q+1. The van der Waals surface area contributed by atoms with Crippen molar-refractivity contribution in [2.24, 2.45) is 0 Å². The van der Waals surface area contributed by atoms with Crippen molar-refractivity contribution in [2.45, 2.75) is 173 Å². The smallest absolute Gasteiger partial charge is 0.0685 e.